The molecule has 2 atom stereocenters. The highest BCUT2D eigenvalue weighted by molar-refractivity contribution is 5.14. The van der Waals surface area contributed by atoms with E-state index in [0.717, 1.165) is 25.2 Å². The van der Waals surface area contributed by atoms with Crippen molar-refractivity contribution in [2.45, 2.75) is 37.8 Å². The summed E-state index contributed by atoms with van der Waals surface area (Å²) in [7, 11) is 0. The number of nitrogens with zero attached hydrogens (tertiary/aromatic N) is 2. The fraction of sp³-hybridized carbons (Fsp3) is 0.684. The molecule has 1 aromatic carbocycles. The fourth-order valence-electron chi connectivity index (χ4n) is 4.18. The Balaban J connectivity index is 1.25. The Kier molecular flexibility index (Phi) is 4.47. The van der Waals surface area contributed by atoms with E-state index in [0.29, 0.717) is 6.04 Å². The van der Waals surface area contributed by atoms with Crippen LogP contribution in [0.3, 0.4) is 0 Å². The summed E-state index contributed by atoms with van der Waals surface area (Å²) in [5.41, 5.74) is 1.47. The molecule has 1 aliphatic carbocycles. The van der Waals surface area contributed by atoms with Gasteiger partial charge in [0.1, 0.15) is 0 Å². The van der Waals surface area contributed by atoms with Crippen molar-refractivity contribution >= 4 is 0 Å². The number of rotatable bonds is 5. The molecule has 1 saturated carbocycles. The number of ether oxygens (including phenoxy) is 1. The summed E-state index contributed by atoms with van der Waals surface area (Å²) in [6.45, 7) is 6.86. The number of fused-ring (bicyclic) bond motifs is 1. The van der Waals surface area contributed by atoms with E-state index in [1.165, 1.54) is 57.4 Å². The molecule has 0 amide bonds. The Morgan fingerprint density at radius 2 is 1.91 bits per heavy atom. The van der Waals surface area contributed by atoms with Crippen LogP contribution in [0.5, 0.6) is 0 Å². The Labute approximate surface area is 134 Å². The number of morpholine rings is 1. The van der Waals surface area contributed by atoms with E-state index < -0.39 is 0 Å². The topological polar surface area (TPSA) is 15.7 Å². The van der Waals surface area contributed by atoms with Crippen LogP contribution in [0.15, 0.2) is 30.3 Å². The van der Waals surface area contributed by atoms with Gasteiger partial charge in [-0.3, -0.25) is 4.90 Å². The van der Waals surface area contributed by atoms with Gasteiger partial charge in [-0.2, -0.15) is 0 Å². The molecule has 1 aromatic rings. The van der Waals surface area contributed by atoms with Crippen LogP contribution in [0.4, 0.5) is 0 Å². The molecule has 3 aliphatic rings. The first-order chi connectivity index (χ1) is 10.9. The van der Waals surface area contributed by atoms with Crippen molar-refractivity contribution in [2.75, 3.05) is 39.4 Å². The van der Waals surface area contributed by atoms with E-state index in [2.05, 4.69) is 40.1 Å². The lowest BCUT2D eigenvalue weighted by Crippen LogP contribution is -2.62. The molecule has 2 heterocycles. The summed E-state index contributed by atoms with van der Waals surface area (Å²) in [5, 5.41) is 0. The zero-order valence-electron chi connectivity index (χ0n) is 13.5. The highest BCUT2D eigenvalue weighted by Crippen LogP contribution is 2.38. The maximum atomic E-state index is 5.91. The first-order valence-electron chi connectivity index (χ1n) is 9.00. The molecule has 0 aromatic heterocycles. The second kappa shape index (κ2) is 6.69. The molecule has 120 valence electrons. The highest BCUT2D eigenvalue weighted by Gasteiger charge is 2.42. The Hall–Kier alpha value is -0.900. The maximum Gasteiger partial charge on any atom is 0.0635 e. The van der Waals surface area contributed by atoms with Gasteiger partial charge < -0.3 is 9.64 Å². The second-order valence-electron chi connectivity index (χ2n) is 7.22. The van der Waals surface area contributed by atoms with Crippen LogP contribution in [0, 0.1) is 5.92 Å². The SMILES string of the molecule is c1ccc(CCCN2CCN3[C@@H](COC[C@@H]3C3CC3)C2)cc1. The van der Waals surface area contributed by atoms with Gasteiger partial charge >= 0.3 is 0 Å². The van der Waals surface area contributed by atoms with E-state index in [1.807, 2.05) is 0 Å². The zero-order chi connectivity index (χ0) is 14.8. The monoisotopic (exact) mass is 300 g/mol. The van der Waals surface area contributed by atoms with Crippen LogP contribution in [-0.2, 0) is 11.2 Å². The first kappa shape index (κ1) is 14.7. The van der Waals surface area contributed by atoms with E-state index >= 15 is 0 Å². The fourth-order valence-corrected chi connectivity index (χ4v) is 4.18. The summed E-state index contributed by atoms with van der Waals surface area (Å²) in [6.07, 6.45) is 5.33. The van der Waals surface area contributed by atoms with Gasteiger partial charge in [0.25, 0.3) is 0 Å². The normalized spacial score (nSPS) is 30.2. The van der Waals surface area contributed by atoms with Crippen molar-refractivity contribution in [1.29, 1.82) is 0 Å². The molecule has 2 aliphatic heterocycles. The van der Waals surface area contributed by atoms with Crippen LogP contribution < -0.4 is 0 Å². The van der Waals surface area contributed by atoms with E-state index in [1.54, 1.807) is 0 Å². The first-order valence-corrected chi connectivity index (χ1v) is 9.00. The number of hydrogen-bond acceptors (Lipinski definition) is 3. The summed E-state index contributed by atoms with van der Waals surface area (Å²) in [6, 6.07) is 12.2. The highest BCUT2D eigenvalue weighted by atomic mass is 16.5. The Morgan fingerprint density at radius 1 is 1.05 bits per heavy atom. The molecule has 0 spiro atoms. The zero-order valence-corrected chi connectivity index (χ0v) is 13.5. The largest absolute Gasteiger partial charge is 0.378 e. The van der Waals surface area contributed by atoms with Gasteiger partial charge in [-0.05, 0) is 43.7 Å². The molecule has 3 fully saturated rings. The molecular weight excluding hydrogens is 272 g/mol. The molecule has 4 rings (SSSR count). The van der Waals surface area contributed by atoms with E-state index in [4.69, 9.17) is 4.74 Å². The third kappa shape index (κ3) is 3.37. The van der Waals surface area contributed by atoms with Gasteiger partial charge in [-0.15, -0.1) is 0 Å². The lowest BCUT2D eigenvalue weighted by Gasteiger charge is -2.48. The van der Waals surface area contributed by atoms with Gasteiger partial charge in [0.15, 0.2) is 0 Å². The third-order valence-corrected chi connectivity index (χ3v) is 5.59. The molecule has 0 N–H and O–H groups in total. The quantitative estimate of drug-likeness (QED) is 0.830. The minimum Gasteiger partial charge on any atom is -0.378 e. The molecule has 0 radical (unpaired) electrons. The van der Waals surface area contributed by atoms with Gasteiger partial charge in [0, 0.05) is 31.7 Å². The molecule has 3 nitrogen and oxygen atoms in total. The van der Waals surface area contributed by atoms with Crippen molar-refractivity contribution in [2.24, 2.45) is 5.92 Å². The smallest absolute Gasteiger partial charge is 0.0635 e. The van der Waals surface area contributed by atoms with E-state index in [-0.39, 0.29) is 0 Å². The van der Waals surface area contributed by atoms with Gasteiger partial charge in [0.2, 0.25) is 0 Å². The predicted molar refractivity (Wildman–Crippen MR) is 89.0 cm³/mol. The standard InChI is InChI=1S/C19H28N2O/c1-2-5-16(6-3-1)7-4-10-20-11-12-21-18(13-20)14-22-15-19(21)17-8-9-17/h1-3,5-6,17-19H,4,7-15H2/t18-,19-/m1/s1. The van der Waals surface area contributed by atoms with Crippen LogP contribution in [-0.4, -0.2) is 61.3 Å². The average Bonchev–Trinajstić information content (AvgIpc) is 3.40. The minimum atomic E-state index is 0.643. The molecule has 2 saturated heterocycles. The number of piperazine rings is 1. The Morgan fingerprint density at radius 3 is 2.73 bits per heavy atom. The summed E-state index contributed by atoms with van der Waals surface area (Å²) < 4.78 is 5.91. The van der Waals surface area contributed by atoms with Crippen LogP contribution >= 0.6 is 0 Å². The van der Waals surface area contributed by atoms with Gasteiger partial charge in [-0.25, -0.2) is 0 Å². The average molecular weight is 300 g/mol. The summed E-state index contributed by atoms with van der Waals surface area (Å²) >= 11 is 0. The predicted octanol–water partition coefficient (Wildman–Crippen LogP) is 2.41. The van der Waals surface area contributed by atoms with E-state index in [9.17, 15) is 0 Å². The Bertz CT molecular complexity index is 474. The van der Waals surface area contributed by atoms with Gasteiger partial charge in [-0.1, -0.05) is 30.3 Å². The minimum absolute atomic E-state index is 0.643. The third-order valence-electron chi connectivity index (χ3n) is 5.59. The second-order valence-corrected chi connectivity index (χ2v) is 7.22. The maximum absolute atomic E-state index is 5.91. The molecule has 0 unspecified atom stereocenters. The number of aryl methyl sites for hydroxylation is 1. The summed E-state index contributed by atoms with van der Waals surface area (Å²) in [4.78, 5) is 5.43. The molecular formula is C19H28N2O. The lowest BCUT2D eigenvalue weighted by molar-refractivity contribution is -0.0867. The van der Waals surface area contributed by atoms with Crippen LogP contribution in [0.2, 0.25) is 0 Å². The van der Waals surface area contributed by atoms with Crippen LogP contribution in [0.1, 0.15) is 24.8 Å². The molecule has 3 heteroatoms. The van der Waals surface area contributed by atoms with Crippen LogP contribution in [0.25, 0.3) is 0 Å². The van der Waals surface area contributed by atoms with Crippen molar-refractivity contribution in [3.8, 4) is 0 Å². The van der Waals surface area contributed by atoms with Crippen molar-refractivity contribution in [1.82, 2.24) is 9.80 Å². The van der Waals surface area contributed by atoms with Gasteiger partial charge in [0.05, 0.1) is 13.2 Å². The van der Waals surface area contributed by atoms with Crippen molar-refractivity contribution in [3.63, 3.8) is 0 Å². The number of hydrogen-bond donors (Lipinski definition) is 0. The van der Waals surface area contributed by atoms with Crippen molar-refractivity contribution in [3.05, 3.63) is 35.9 Å². The lowest BCUT2D eigenvalue weighted by atomic mass is 10.0. The molecule has 22 heavy (non-hydrogen) atoms. The van der Waals surface area contributed by atoms with Crippen molar-refractivity contribution < 1.29 is 4.74 Å². The number of benzene rings is 1. The molecule has 0 bridgehead atoms. The summed E-state index contributed by atoms with van der Waals surface area (Å²) in [5.74, 6) is 0.937.